The molecule has 0 spiro atoms. The normalized spacial score (nSPS) is 12.3. The van der Waals surface area contributed by atoms with Crippen LogP contribution < -0.4 is 5.56 Å². The van der Waals surface area contributed by atoms with Gasteiger partial charge in [-0.1, -0.05) is 140 Å². The van der Waals surface area contributed by atoms with Crippen molar-refractivity contribution >= 4 is 102 Å². The zero-order chi connectivity index (χ0) is 34.1. The highest BCUT2D eigenvalue weighted by Crippen LogP contribution is 2.46. The van der Waals surface area contributed by atoms with Crippen LogP contribution in [0.4, 0.5) is 0 Å². The second kappa shape index (κ2) is 10.3. The fourth-order valence-electron chi connectivity index (χ4n) is 9.04. The number of fused-ring (bicyclic) bond motifs is 14. The molecule has 9 aromatic carbocycles. The van der Waals surface area contributed by atoms with Crippen molar-refractivity contribution in [1.29, 1.82) is 0 Å². The summed E-state index contributed by atoms with van der Waals surface area (Å²) in [5.74, 6) is 0. The van der Waals surface area contributed by atoms with E-state index in [2.05, 4.69) is 146 Å². The van der Waals surface area contributed by atoms with E-state index in [9.17, 15) is 4.79 Å². The van der Waals surface area contributed by atoms with Crippen molar-refractivity contribution in [1.82, 2.24) is 4.40 Å². The molecule has 0 aliphatic carbocycles. The third-order valence-electron chi connectivity index (χ3n) is 11.3. The minimum absolute atomic E-state index is 0.0380. The number of hydrogen-bond acceptors (Lipinski definition) is 2. The zero-order valence-corrected chi connectivity index (χ0v) is 28.7. The molecule has 0 aliphatic rings. The van der Waals surface area contributed by atoms with E-state index in [-0.39, 0.29) is 5.56 Å². The molecule has 3 heteroatoms. The molecule has 0 amide bonds. The van der Waals surface area contributed by atoms with Crippen LogP contribution >= 0.6 is 11.3 Å². The van der Waals surface area contributed by atoms with Gasteiger partial charge in [0.25, 0.3) is 5.56 Å². The SMILES string of the molecule is O=c1c2ccccc2c2cccc3c4cc(-c5cccc6c5sc5c(-c7ccc8c9ccccc9c9ccccc9c8c7)cccc56)ccc4n1c23. The summed E-state index contributed by atoms with van der Waals surface area (Å²) in [5, 5.41) is 15.4. The second-order valence-corrected chi connectivity index (χ2v) is 15.0. The predicted octanol–water partition coefficient (Wildman–Crippen LogP) is 13.4. The van der Waals surface area contributed by atoms with E-state index >= 15 is 0 Å². The fourth-order valence-corrected chi connectivity index (χ4v) is 10.4. The first-order valence-corrected chi connectivity index (χ1v) is 18.5. The highest BCUT2D eigenvalue weighted by atomic mass is 32.1. The Kier molecular flexibility index (Phi) is 5.56. The van der Waals surface area contributed by atoms with Gasteiger partial charge in [-0.25, -0.2) is 0 Å². The molecule has 12 rings (SSSR count). The van der Waals surface area contributed by atoms with Gasteiger partial charge in [0.1, 0.15) is 0 Å². The first kappa shape index (κ1) is 28.2. The molecular weight excluding hydrogens is 651 g/mol. The molecule has 0 atom stereocenters. The summed E-state index contributed by atoms with van der Waals surface area (Å²) >= 11 is 1.88. The smallest absolute Gasteiger partial charge is 0.263 e. The number of rotatable bonds is 2. The van der Waals surface area contributed by atoms with E-state index < -0.39 is 0 Å². The Morgan fingerprint density at radius 3 is 1.38 bits per heavy atom. The van der Waals surface area contributed by atoms with E-state index in [1.165, 1.54) is 69.2 Å². The van der Waals surface area contributed by atoms with Crippen molar-refractivity contribution in [3.05, 3.63) is 174 Å². The molecular formula is C49H27NOS. The molecule has 3 aromatic heterocycles. The van der Waals surface area contributed by atoms with Crippen molar-refractivity contribution in [3.63, 3.8) is 0 Å². The van der Waals surface area contributed by atoms with E-state index in [0.717, 1.165) is 43.5 Å². The van der Waals surface area contributed by atoms with Gasteiger partial charge in [0.2, 0.25) is 0 Å². The van der Waals surface area contributed by atoms with Gasteiger partial charge >= 0.3 is 0 Å². The molecule has 12 aromatic rings. The molecule has 0 radical (unpaired) electrons. The topological polar surface area (TPSA) is 21.5 Å². The number of pyridine rings is 1. The van der Waals surface area contributed by atoms with Crippen LogP contribution in [0.2, 0.25) is 0 Å². The van der Waals surface area contributed by atoms with Crippen LogP contribution in [0.15, 0.2) is 169 Å². The molecule has 2 nitrogen and oxygen atoms in total. The number of para-hydroxylation sites is 1. The minimum Gasteiger partial charge on any atom is -0.275 e. The number of benzene rings is 9. The lowest BCUT2D eigenvalue weighted by Crippen LogP contribution is -2.12. The first-order valence-electron chi connectivity index (χ1n) is 17.7. The van der Waals surface area contributed by atoms with Crippen LogP contribution in [0.25, 0.3) is 113 Å². The third kappa shape index (κ3) is 3.65. The van der Waals surface area contributed by atoms with Crippen molar-refractivity contribution in [2.45, 2.75) is 0 Å². The average molecular weight is 678 g/mol. The highest BCUT2D eigenvalue weighted by molar-refractivity contribution is 7.26. The molecule has 0 fully saturated rings. The van der Waals surface area contributed by atoms with Crippen LogP contribution in [0.1, 0.15) is 0 Å². The average Bonchev–Trinajstić information content (AvgIpc) is 3.76. The fraction of sp³-hybridized carbons (Fsp3) is 0. The molecule has 0 aliphatic heterocycles. The van der Waals surface area contributed by atoms with Gasteiger partial charge in [-0.2, -0.15) is 0 Å². The standard InChI is InChI=1S/C49H27NOS/c51-49-42-15-6-5-14-36(42)38-18-9-19-39-44-27-29(23-25-45(44)50(49)46(38)39)31-17-8-21-41-40-20-7-16-30(47(40)52-48(31)41)28-22-24-37-34-12-2-1-10-32(34)33-11-3-4-13-35(33)43(37)26-28/h1-27H. The molecule has 3 heterocycles. The summed E-state index contributed by atoms with van der Waals surface area (Å²) in [6.07, 6.45) is 0. The Morgan fingerprint density at radius 2 is 0.769 bits per heavy atom. The second-order valence-electron chi connectivity index (χ2n) is 13.9. The van der Waals surface area contributed by atoms with Crippen LogP contribution in [-0.2, 0) is 0 Å². The maximum atomic E-state index is 13.9. The number of hydrogen-bond donors (Lipinski definition) is 0. The largest absolute Gasteiger partial charge is 0.275 e. The van der Waals surface area contributed by atoms with Gasteiger partial charge in [-0.3, -0.25) is 9.20 Å². The molecule has 0 N–H and O–H groups in total. The van der Waals surface area contributed by atoms with Crippen molar-refractivity contribution < 1.29 is 0 Å². The lowest BCUT2D eigenvalue weighted by molar-refractivity contribution is 1.21. The maximum absolute atomic E-state index is 13.9. The van der Waals surface area contributed by atoms with Gasteiger partial charge in [0, 0.05) is 41.7 Å². The Labute approximate surface area is 301 Å². The minimum atomic E-state index is 0.0380. The van der Waals surface area contributed by atoms with Crippen LogP contribution in [0.3, 0.4) is 0 Å². The molecule has 0 saturated carbocycles. The van der Waals surface area contributed by atoms with Gasteiger partial charge in [-0.05, 0) is 84.2 Å². The molecule has 0 saturated heterocycles. The summed E-state index contributed by atoms with van der Waals surface area (Å²) in [4.78, 5) is 13.9. The summed E-state index contributed by atoms with van der Waals surface area (Å²) in [7, 11) is 0. The molecule has 0 bridgehead atoms. The predicted molar refractivity (Wildman–Crippen MR) is 224 cm³/mol. The summed E-state index contributed by atoms with van der Waals surface area (Å²) < 4.78 is 4.50. The lowest BCUT2D eigenvalue weighted by Gasteiger charge is -2.12. The Hall–Kier alpha value is -6.55. The quantitative estimate of drug-likeness (QED) is 0.167. The zero-order valence-electron chi connectivity index (χ0n) is 27.9. The highest BCUT2D eigenvalue weighted by Gasteiger charge is 2.19. The molecule has 52 heavy (non-hydrogen) atoms. The van der Waals surface area contributed by atoms with Crippen LogP contribution in [0.5, 0.6) is 0 Å². The summed E-state index contributed by atoms with van der Waals surface area (Å²) in [6.45, 7) is 0. The van der Waals surface area contributed by atoms with Gasteiger partial charge in [-0.15, -0.1) is 11.3 Å². The number of nitrogens with zero attached hydrogens (tertiary/aromatic N) is 1. The van der Waals surface area contributed by atoms with E-state index in [4.69, 9.17) is 0 Å². The summed E-state index contributed by atoms with van der Waals surface area (Å²) in [6, 6.07) is 59.0. The monoisotopic (exact) mass is 677 g/mol. The molecule has 240 valence electrons. The van der Waals surface area contributed by atoms with Crippen molar-refractivity contribution in [3.8, 4) is 22.3 Å². The number of aromatic nitrogens is 1. The van der Waals surface area contributed by atoms with Crippen LogP contribution in [-0.4, -0.2) is 4.40 Å². The van der Waals surface area contributed by atoms with Gasteiger partial charge < -0.3 is 0 Å². The Bertz CT molecular complexity index is 3520. The van der Waals surface area contributed by atoms with Crippen molar-refractivity contribution in [2.24, 2.45) is 0 Å². The van der Waals surface area contributed by atoms with Gasteiger partial charge in [0.15, 0.2) is 0 Å². The number of thiophene rings is 1. The van der Waals surface area contributed by atoms with E-state index in [0.29, 0.717) is 0 Å². The molecule has 0 unspecified atom stereocenters. The van der Waals surface area contributed by atoms with Crippen molar-refractivity contribution in [2.75, 3.05) is 0 Å². The van der Waals surface area contributed by atoms with E-state index in [1.807, 2.05) is 33.9 Å². The maximum Gasteiger partial charge on any atom is 0.263 e. The summed E-state index contributed by atoms with van der Waals surface area (Å²) in [5.41, 5.74) is 6.84. The third-order valence-corrected chi connectivity index (χ3v) is 12.6. The van der Waals surface area contributed by atoms with Gasteiger partial charge in [0.05, 0.1) is 11.0 Å². The Morgan fingerprint density at radius 1 is 0.346 bits per heavy atom. The van der Waals surface area contributed by atoms with E-state index in [1.54, 1.807) is 0 Å². The first-order chi connectivity index (χ1) is 25.7. The Balaban J connectivity index is 1.09. The van der Waals surface area contributed by atoms with Crippen LogP contribution in [0, 0.1) is 0 Å². The lowest BCUT2D eigenvalue weighted by atomic mass is 9.92.